The smallest absolute Gasteiger partial charge is 0.323 e. The summed E-state index contributed by atoms with van der Waals surface area (Å²) in [6.07, 6.45) is -0.205. The zero-order valence-corrected chi connectivity index (χ0v) is 15.2. The van der Waals surface area contributed by atoms with Crippen LogP contribution in [0.15, 0.2) is 38.5 Å². The molecule has 3 aromatic rings. The van der Waals surface area contributed by atoms with Gasteiger partial charge in [-0.2, -0.15) is 16.8 Å². The van der Waals surface area contributed by atoms with Crippen LogP contribution in [0, 0.1) is 10.1 Å². The lowest BCUT2D eigenvalue weighted by Gasteiger charge is -2.12. The van der Waals surface area contributed by atoms with E-state index in [4.69, 9.17) is 4.62 Å². The molecule has 2 aromatic heterocycles. The molecule has 0 fully saturated rings. The van der Waals surface area contributed by atoms with Crippen molar-refractivity contribution < 1.29 is 19.0 Å². The Hall–Kier alpha value is -2.63. The quantitative estimate of drug-likeness (QED) is 0.196. The third kappa shape index (κ3) is 4.56. The topological polar surface area (TPSA) is 167 Å². The van der Waals surface area contributed by atoms with Gasteiger partial charge in [-0.1, -0.05) is 0 Å². The molecule has 2 heterocycles. The highest BCUT2D eigenvalue weighted by atomic mass is 32.1. The van der Waals surface area contributed by atoms with Crippen molar-refractivity contribution in [3.8, 4) is 0 Å². The Morgan fingerprint density at radius 2 is 2.04 bits per heavy atom. The highest BCUT2D eigenvalue weighted by Crippen LogP contribution is 2.44. The minimum absolute atomic E-state index is 0.0519. The number of aromatic nitrogens is 2. The summed E-state index contributed by atoms with van der Waals surface area (Å²) in [6, 6.07) is 3.95. The van der Waals surface area contributed by atoms with E-state index in [0.29, 0.717) is 5.56 Å². The van der Waals surface area contributed by atoms with Crippen LogP contribution in [-0.2, 0) is 21.9 Å². The van der Waals surface area contributed by atoms with Crippen molar-refractivity contribution in [2.45, 2.75) is 12.7 Å². The van der Waals surface area contributed by atoms with Gasteiger partial charge in [-0.15, -0.1) is 0 Å². The largest absolute Gasteiger partial charge is 0.348 e. The van der Waals surface area contributed by atoms with Crippen molar-refractivity contribution in [2.75, 3.05) is 0 Å². The molecule has 1 aromatic carbocycles. The van der Waals surface area contributed by atoms with Crippen LogP contribution in [0.5, 0.6) is 0 Å². The van der Waals surface area contributed by atoms with Gasteiger partial charge in [-0.3, -0.25) is 24.3 Å². The summed E-state index contributed by atoms with van der Waals surface area (Å²) in [4.78, 5) is 47.8. The van der Waals surface area contributed by atoms with Gasteiger partial charge < -0.3 is 14.9 Å². The molecule has 0 aliphatic carbocycles. The van der Waals surface area contributed by atoms with Gasteiger partial charge in [0.15, 0.2) is 0 Å². The summed E-state index contributed by atoms with van der Waals surface area (Å²) >= 11 is 1.37. The molecule has 11 nitrogen and oxygen atoms in total. The molecule has 0 saturated carbocycles. The molecule has 142 valence electrons. The second kappa shape index (κ2) is 7.55. The second-order valence-electron chi connectivity index (χ2n) is 5.53. The molecule has 1 unspecified atom stereocenters. The van der Waals surface area contributed by atoms with Gasteiger partial charge in [0.1, 0.15) is 0 Å². The number of rotatable bonds is 7. The van der Waals surface area contributed by atoms with Gasteiger partial charge >= 0.3 is 18.7 Å². The van der Waals surface area contributed by atoms with Gasteiger partial charge in [-0.05, 0) is 22.4 Å². The summed E-state index contributed by atoms with van der Waals surface area (Å²) in [5.74, 6) is 0. The lowest BCUT2D eigenvalue weighted by atomic mass is 10.1. The predicted molar refractivity (Wildman–Crippen MR) is 97.6 cm³/mol. The van der Waals surface area contributed by atoms with Crippen molar-refractivity contribution >= 4 is 35.7 Å². The molecule has 13 heteroatoms. The molecule has 0 aliphatic rings. The molecule has 0 amide bonds. The molecule has 0 radical (unpaired) electrons. The normalized spacial score (nSPS) is 13.5. The van der Waals surface area contributed by atoms with E-state index in [0.717, 1.165) is 12.1 Å². The van der Waals surface area contributed by atoms with E-state index in [2.05, 4.69) is 15.4 Å². The molecule has 0 aliphatic heterocycles. The minimum Gasteiger partial charge on any atom is -0.323 e. The van der Waals surface area contributed by atoms with Crippen LogP contribution in [-0.4, -0.2) is 19.8 Å². The number of hydrogen-bond acceptors (Lipinski definition) is 8. The fourth-order valence-corrected chi connectivity index (χ4v) is 4.16. The number of nitrogens with one attached hydrogen (secondary N) is 3. The number of H-pyrrole nitrogens is 2. The summed E-state index contributed by atoms with van der Waals surface area (Å²) in [7, 11) is -3.99. The van der Waals surface area contributed by atoms with Crippen LogP contribution in [0.1, 0.15) is 11.1 Å². The summed E-state index contributed by atoms with van der Waals surface area (Å²) in [6.45, 7) is -0.228. The maximum Gasteiger partial charge on any atom is 0.348 e. The summed E-state index contributed by atoms with van der Waals surface area (Å²) in [5, 5.41) is 14.5. The molecule has 0 bridgehead atoms. The van der Waals surface area contributed by atoms with Crippen LogP contribution in [0.4, 0.5) is 5.69 Å². The van der Waals surface area contributed by atoms with Crippen molar-refractivity contribution in [1.82, 2.24) is 15.4 Å². The molecule has 0 spiro atoms. The van der Waals surface area contributed by atoms with E-state index in [1.807, 2.05) is 0 Å². The number of aromatic amines is 2. The fourth-order valence-electron chi connectivity index (χ4n) is 2.38. The molecule has 1 atom stereocenters. The Balaban J connectivity index is 1.84. The number of fused-ring (bicyclic) bond motifs is 1. The van der Waals surface area contributed by atoms with Gasteiger partial charge in [0, 0.05) is 24.2 Å². The minimum atomic E-state index is -3.99. The van der Waals surface area contributed by atoms with Crippen LogP contribution in [0.2, 0.25) is 0 Å². The van der Waals surface area contributed by atoms with Crippen molar-refractivity contribution in [3.05, 3.63) is 70.9 Å². The number of non-ortho nitro benzene ring substituents is 1. The molecule has 0 saturated heterocycles. The third-order valence-electron chi connectivity index (χ3n) is 3.54. The fraction of sp³-hybridized carbons (Fsp3) is 0.143. The third-order valence-corrected chi connectivity index (χ3v) is 5.45. The maximum atomic E-state index is 12.1. The lowest BCUT2D eigenvalue weighted by molar-refractivity contribution is -0.384. The Bertz CT molecular complexity index is 1150. The van der Waals surface area contributed by atoms with Crippen LogP contribution < -0.4 is 16.6 Å². The average molecular weight is 412 g/mol. The van der Waals surface area contributed by atoms with E-state index in [-0.39, 0.29) is 35.0 Å². The van der Waals surface area contributed by atoms with Crippen LogP contribution >= 0.6 is 18.9 Å². The Kier molecular flexibility index (Phi) is 5.35. The lowest BCUT2D eigenvalue weighted by Crippen LogP contribution is -2.29. The second-order valence-corrected chi connectivity index (χ2v) is 8.09. The van der Waals surface area contributed by atoms with Crippen molar-refractivity contribution in [3.63, 3.8) is 0 Å². The zero-order chi connectivity index (χ0) is 19.6. The SMILES string of the molecule is O=c1[nH]c2cc([N+](=O)[O-])cc(CNOP(=O)(O)Cc3ccsc3)c2[nH]c1=O. The molecule has 27 heavy (non-hydrogen) atoms. The first-order valence-electron chi connectivity index (χ1n) is 7.43. The van der Waals surface area contributed by atoms with E-state index in [9.17, 15) is 29.2 Å². The number of hydroxylamine groups is 1. The van der Waals surface area contributed by atoms with Gasteiger partial charge in [0.25, 0.3) is 5.69 Å². The predicted octanol–water partition coefficient (Wildman–Crippen LogP) is 1.59. The van der Waals surface area contributed by atoms with Crippen molar-refractivity contribution in [1.29, 1.82) is 0 Å². The number of nitro benzene ring substituents is 1. The number of nitro groups is 1. The van der Waals surface area contributed by atoms with Gasteiger partial charge in [0.2, 0.25) is 0 Å². The molecular formula is C14H13N4O7PS. The van der Waals surface area contributed by atoms with E-state index in [1.54, 1.807) is 16.8 Å². The number of thiophene rings is 1. The van der Waals surface area contributed by atoms with Crippen LogP contribution in [0.3, 0.4) is 0 Å². The average Bonchev–Trinajstić information content (AvgIpc) is 3.08. The molecule has 3 rings (SSSR count). The van der Waals surface area contributed by atoms with Gasteiger partial charge in [0.05, 0.1) is 22.1 Å². The number of hydrogen-bond donors (Lipinski definition) is 4. The number of benzene rings is 1. The summed E-state index contributed by atoms with van der Waals surface area (Å²) < 4.78 is 16.9. The first-order chi connectivity index (χ1) is 12.7. The highest BCUT2D eigenvalue weighted by Gasteiger charge is 2.21. The Morgan fingerprint density at radius 3 is 2.70 bits per heavy atom. The summed E-state index contributed by atoms with van der Waals surface area (Å²) in [5.41, 5.74) is 1.13. The van der Waals surface area contributed by atoms with Gasteiger partial charge in [-0.25, -0.2) is 4.62 Å². The van der Waals surface area contributed by atoms with Crippen LogP contribution in [0.25, 0.3) is 11.0 Å². The number of nitrogens with zero attached hydrogens (tertiary/aromatic N) is 1. The van der Waals surface area contributed by atoms with E-state index >= 15 is 0 Å². The Morgan fingerprint density at radius 1 is 1.30 bits per heavy atom. The monoisotopic (exact) mass is 412 g/mol. The Labute approximate surface area is 154 Å². The molecule has 4 N–H and O–H groups in total. The van der Waals surface area contributed by atoms with E-state index < -0.39 is 23.6 Å². The van der Waals surface area contributed by atoms with Crippen molar-refractivity contribution in [2.24, 2.45) is 0 Å². The van der Waals surface area contributed by atoms with E-state index in [1.165, 1.54) is 11.3 Å². The highest BCUT2D eigenvalue weighted by molar-refractivity contribution is 7.51. The first kappa shape index (κ1) is 19.1. The zero-order valence-electron chi connectivity index (χ0n) is 13.5. The molecular weight excluding hydrogens is 399 g/mol. The first-order valence-corrected chi connectivity index (χ1v) is 10.1. The maximum absolute atomic E-state index is 12.1. The standard InChI is InChI=1S/C14H13N4O7PS/c19-13-14(20)17-12-9(3-10(18(21)22)4-11(12)16-13)5-15-25-26(23,24)6-8-1-2-27-7-8/h1-4,7,15H,5-6H2,(H,16,19)(H,17,20)(H,23,24).